The first kappa shape index (κ1) is 11.5. The highest BCUT2D eigenvalue weighted by molar-refractivity contribution is 5.50. The SMILES string of the molecule is C=C=CNc1cc(C)c(CCC)c(F)c1. The normalized spacial score (nSPS) is 9.53. The van der Waals surface area contributed by atoms with Crippen molar-refractivity contribution in [1.82, 2.24) is 0 Å². The summed E-state index contributed by atoms with van der Waals surface area (Å²) in [5, 5.41) is 2.91. The Hall–Kier alpha value is -1.53. The van der Waals surface area contributed by atoms with E-state index in [1.54, 1.807) is 6.20 Å². The number of nitrogens with one attached hydrogen (secondary N) is 1. The molecule has 1 nitrogen and oxygen atoms in total. The van der Waals surface area contributed by atoms with Crippen LogP contribution in [-0.4, -0.2) is 0 Å². The van der Waals surface area contributed by atoms with E-state index < -0.39 is 0 Å². The first-order valence-electron chi connectivity index (χ1n) is 5.09. The summed E-state index contributed by atoms with van der Waals surface area (Å²) in [7, 11) is 0. The highest BCUT2D eigenvalue weighted by atomic mass is 19.1. The maximum absolute atomic E-state index is 13.6. The van der Waals surface area contributed by atoms with Crippen molar-refractivity contribution in [2.75, 3.05) is 5.32 Å². The largest absolute Gasteiger partial charge is 0.355 e. The maximum atomic E-state index is 13.6. The van der Waals surface area contributed by atoms with Gasteiger partial charge in [-0.1, -0.05) is 19.9 Å². The lowest BCUT2D eigenvalue weighted by molar-refractivity contribution is 0.606. The Morgan fingerprint density at radius 1 is 1.53 bits per heavy atom. The van der Waals surface area contributed by atoms with Crippen LogP contribution in [0.2, 0.25) is 0 Å². The third kappa shape index (κ3) is 2.97. The summed E-state index contributed by atoms with van der Waals surface area (Å²) >= 11 is 0. The summed E-state index contributed by atoms with van der Waals surface area (Å²) in [6.45, 7) is 7.41. The topological polar surface area (TPSA) is 12.0 Å². The number of anilines is 1. The highest BCUT2D eigenvalue weighted by Crippen LogP contribution is 2.20. The molecule has 0 fully saturated rings. The molecule has 0 heterocycles. The standard InChI is InChI=1S/C13H16FN/c1-4-6-12-10(3)8-11(9-13(12)14)15-7-5-2/h7-9,15H,2,4,6H2,1,3H3. The average molecular weight is 205 g/mol. The van der Waals surface area contributed by atoms with Gasteiger partial charge in [0.05, 0.1) is 0 Å². The number of aryl methyl sites for hydroxylation is 1. The third-order valence-corrected chi connectivity index (χ3v) is 2.26. The van der Waals surface area contributed by atoms with Gasteiger partial charge in [0.25, 0.3) is 0 Å². The van der Waals surface area contributed by atoms with Crippen molar-refractivity contribution in [3.63, 3.8) is 0 Å². The van der Waals surface area contributed by atoms with E-state index in [1.165, 1.54) is 6.07 Å². The van der Waals surface area contributed by atoms with Gasteiger partial charge in [-0.15, -0.1) is 5.73 Å². The monoisotopic (exact) mass is 205 g/mol. The van der Waals surface area contributed by atoms with E-state index in [1.807, 2.05) is 19.9 Å². The van der Waals surface area contributed by atoms with Crippen LogP contribution < -0.4 is 5.32 Å². The molecule has 0 spiro atoms. The molecule has 0 saturated carbocycles. The molecule has 2 heteroatoms. The van der Waals surface area contributed by atoms with E-state index in [0.717, 1.165) is 29.7 Å². The lowest BCUT2D eigenvalue weighted by atomic mass is 10.0. The second-order valence-electron chi connectivity index (χ2n) is 3.50. The summed E-state index contributed by atoms with van der Waals surface area (Å²) in [6, 6.07) is 3.44. The van der Waals surface area contributed by atoms with Crippen molar-refractivity contribution in [1.29, 1.82) is 0 Å². The molecule has 0 amide bonds. The van der Waals surface area contributed by atoms with Gasteiger partial charge in [0.2, 0.25) is 0 Å². The molecule has 0 unspecified atom stereocenters. The predicted molar refractivity (Wildman–Crippen MR) is 62.5 cm³/mol. The summed E-state index contributed by atoms with van der Waals surface area (Å²) < 4.78 is 13.6. The highest BCUT2D eigenvalue weighted by Gasteiger charge is 2.06. The van der Waals surface area contributed by atoms with Crippen LogP contribution in [0.15, 0.2) is 30.6 Å². The fourth-order valence-electron chi connectivity index (χ4n) is 1.56. The first-order chi connectivity index (χ1) is 7.19. The molecule has 0 aliphatic carbocycles. The summed E-state index contributed by atoms with van der Waals surface area (Å²) in [5.74, 6) is -0.142. The van der Waals surface area contributed by atoms with Gasteiger partial charge < -0.3 is 5.32 Å². The molecule has 1 aromatic rings. The van der Waals surface area contributed by atoms with Crippen LogP contribution in [0.25, 0.3) is 0 Å². The van der Waals surface area contributed by atoms with Crippen LogP contribution in [0, 0.1) is 12.7 Å². The Morgan fingerprint density at radius 2 is 2.27 bits per heavy atom. The van der Waals surface area contributed by atoms with E-state index >= 15 is 0 Å². The molecule has 0 radical (unpaired) electrons. The van der Waals surface area contributed by atoms with Gasteiger partial charge in [0, 0.05) is 11.9 Å². The second-order valence-corrected chi connectivity index (χ2v) is 3.50. The van der Waals surface area contributed by atoms with Gasteiger partial charge in [0.1, 0.15) is 5.82 Å². The van der Waals surface area contributed by atoms with Crippen molar-refractivity contribution >= 4 is 5.69 Å². The Morgan fingerprint density at radius 3 is 2.80 bits per heavy atom. The zero-order valence-electron chi connectivity index (χ0n) is 9.23. The minimum absolute atomic E-state index is 0.142. The molecule has 0 atom stereocenters. The van der Waals surface area contributed by atoms with Crippen molar-refractivity contribution < 1.29 is 4.39 Å². The predicted octanol–water partition coefficient (Wildman–Crippen LogP) is 3.80. The smallest absolute Gasteiger partial charge is 0.128 e. The fraction of sp³-hybridized carbons (Fsp3) is 0.308. The van der Waals surface area contributed by atoms with Gasteiger partial charge in [-0.25, -0.2) is 4.39 Å². The summed E-state index contributed by atoms with van der Waals surface area (Å²) in [5.41, 5.74) is 5.12. The number of hydrogen-bond donors (Lipinski definition) is 1. The van der Waals surface area contributed by atoms with Crippen molar-refractivity contribution in [3.8, 4) is 0 Å². The van der Waals surface area contributed by atoms with Crippen LogP contribution in [0.3, 0.4) is 0 Å². The quantitative estimate of drug-likeness (QED) is 0.737. The van der Waals surface area contributed by atoms with Gasteiger partial charge in [-0.2, -0.15) is 0 Å². The minimum atomic E-state index is -0.142. The lowest BCUT2D eigenvalue weighted by Gasteiger charge is -2.09. The molecular weight excluding hydrogens is 189 g/mol. The molecular formula is C13H16FN. The molecule has 1 rings (SSSR count). The number of halogens is 1. The van der Waals surface area contributed by atoms with E-state index in [9.17, 15) is 4.39 Å². The number of rotatable bonds is 4. The first-order valence-corrected chi connectivity index (χ1v) is 5.09. The molecule has 15 heavy (non-hydrogen) atoms. The van der Waals surface area contributed by atoms with Crippen molar-refractivity contribution in [3.05, 3.63) is 47.6 Å². The summed E-state index contributed by atoms with van der Waals surface area (Å²) in [4.78, 5) is 0. The molecule has 0 aliphatic rings. The van der Waals surface area contributed by atoms with Crippen LogP contribution >= 0.6 is 0 Å². The van der Waals surface area contributed by atoms with Gasteiger partial charge in [-0.3, -0.25) is 0 Å². The van der Waals surface area contributed by atoms with Gasteiger partial charge in [0.15, 0.2) is 0 Å². The molecule has 0 bridgehead atoms. The zero-order chi connectivity index (χ0) is 11.3. The second kappa shape index (κ2) is 5.38. The summed E-state index contributed by atoms with van der Waals surface area (Å²) in [6.07, 6.45) is 3.31. The average Bonchev–Trinajstić information content (AvgIpc) is 2.20. The van der Waals surface area contributed by atoms with Gasteiger partial charge >= 0.3 is 0 Å². The van der Waals surface area contributed by atoms with Crippen LogP contribution in [0.4, 0.5) is 10.1 Å². The molecule has 80 valence electrons. The number of benzene rings is 1. The Labute approximate surface area is 90.3 Å². The fourth-order valence-corrected chi connectivity index (χ4v) is 1.56. The van der Waals surface area contributed by atoms with Gasteiger partial charge in [-0.05, 0) is 36.6 Å². The minimum Gasteiger partial charge on any atom is -0.355 e. The Balaban J connectivity index is 3.01. The third-order valence-electron chi connectivity index (χ3n) is 2.26. The number of hydrogen-bond acceptors (Lipinski definition) is 1. The van der Waals surface area contributed by atoms with Crippen LogP contribution in [0.1, 0.15) is 24.5 Å². The Kier molecular flexibility index (Phi) is 4.14. The molecule has 1 aromatic carbocycles. The lowest BCUT2D eigenvalue weighted by Crippen LogP contribution is -1.97. The van der Waals surface area contributed by atoms with E-state index in [-0.39, 0.29) is 5.82 Å². The van der Waals surface area contributed by atoms with Crippen LogP contribution in [-0.2, 0) is 6.42 Å². The zero-order valence-corrected chi connectivity index (χ0v) is 9.23. The van der Waals surface area contributed by atoms with E-state index in [2.05, 4.69) is 17.6 Å². The van der Waals surface area contributed by atoms with Crippen molar-refractivity contribution in [2.45, 2.75) is 26.7 Å². The molecule has 0 aliphatic heterocycles. The van der Waals surface area contributed by atoms with Crippen molar-refractivity contribution in [2.24, 2.45) is 0 Å². The van der Waals surface area contributed by atoms with E-state index in [0.29, 0.717) is 0 Å². The maximum Gasteiger partial charge on any atom is 0.128 e. The molecule has 0 saturated heterocycles. The van der Waals surface area contributed by atoms with Crippen LogP contribution in [0.5, 0.6) is 0 Å². The Bertz CT molecular complexity index is 367. The molecule has 0 aromatic heterocycles. The molecule has 1 N–H and O–H groups in total. The van der Waals surface area contributed by atoms with E-state index in [4.69, 9.17) is 0 Å².